The Bertz CT molecular complexity index is 7430. The van der Waals surface area contributed by atoms with Gasteiger partial charge in [0.05, 0.1) is 44.3 Å². The zero-order valence-corrected chi connectivity index (χ0v) is 103. The lowest BCUT2D eigenvalue weighted by atomic mass is 9.79. The maximum absolute atomic E-state index is 6.27. The number of hydrogen-bond acceptors (Lipinski definition) is 8. The van der Waals surface area contributed by atoms with Gasteiger partial charge in [0, 0.05) is 426 Å². The van der Waals surface area contributed by atoms with Crippen LogP contribution in [-0.2, 0) is 361 Å². The van der Waals surface area contributed by atoms with Crippen LogP contribution in [0.1, 0.15) is 27.7 Å². The first-order chi connectivity index (χ1) is 59.4. The third-order valence-electron chi connectivity index (χ3n) is 17.1. The van der Waals surface area contributed by atoms with E-state index in [1.807, 2.05) is 0 Å². The van der Waals surface area contributed by atoms with Crippen LogP contribution in [0.5, 0.6) is 0 Å². The Hall–Kier alpha value is 2.54. The average Bonchev–Trinajstić information content (AvgIpc) is 1.61. The summed E-state index contributed by atoms with van der Waals surface area (Å²) >= 11 is 47.2. The zero-order valence-electron chi connectivity index (χ0n) is 61.6. The van der Waals surface area contributed by atoms with E-state index in [1.54, 1.807) is 222 Å². The molecule has 50 heteroatoms. The van der Waals surface area contributed by atoms with Crippen LogP contribution in [0.25, 0.3) is 105 Å². The van der Waals surface area contributed by atoms with Gasteiger partial charge < -0.3 is 23.0 Å². The van der Waals surface area contributed by atoms with Gasteiger partial charge >= 0.3 is 7.12 Å². The summed E-state index contributed by atoms with van der Waals surface area (Å²) in [5.41, 5.74) is 15.6. The predicted molar refractivity (Wildman–Crippen MR) is 665 cm³/mol. The Labute approximate surface area is 889 Å². The highest BCUT2D eigenvalue weighted by Crippen LogP contribution is 2.43. The molecule has 640 valence electrons. The van der Waals surface area contributed by atoms with E-state index in [0.717, 1.165) is 62.7 Å². The van der Waals surface area contributed by atoms with E-state index in [1.165, 1.54) is 135 Å². The molecule has 1 saturated heterocycles. The number of aromatic nitrogens is 3. The van der Waals surface area contributed by atoms with Crippen molar-refractivity contribution in [2.24, 2.45) is 0 Å². The molecule has 0 bridgehead atoms. The van der Waals surface area contributed by atoms with E-state index in [0.29, 0.717) is 0 Å². The van der Waals surface area contributed by atoms with Crippen molar-refractivity contribution in [2.45, 2.75) is 38.9 Å². The van der Waals surface area contributed by atoms with Crippen molar-refractivity contribution in [2.75, 3.05) is 0 Å². The van der Waals surface area contributed by atoms with E-state index in [2.05, 4.69) is 415 Å². The van der Waals surface area contributed by atoms with E-state index in [9.17, 15) is 0 Å². The smallest absolute Gasteiger partial charge is 0.399 e. The fourth-order valence-corrected chi connectivity index (χ4v) is 86.8. The van der Waals surface area contributed by atoms with Crippen LogP contribution in [0, 0.1) is 7.14 Å². The summed E-state index contributed by atoms with van der Waals surface area (Å²) in [5.74, 6) is 0. The van der Waals surface area contributed by atoms with Crippen LogP contribution in [0.3, 0.4) is 0 Å². The van der Waals surface area contributed by atoms with Crippen LogP contribution in [-0.4, -0.2) is 32.0 Å². The Morgan fingerprint density at radius 2 is 0.492 bits per heavy atom. The van der Waals surface area contributed by atoms with Gasteiger partial charge in [0.15, 0.2) is 0 Å². The lowest BCUT2D eigenvalue weighted by molar-refractivity contribution is 0.00578. The van der Waals surface area contributed by atoms with Gasteiger partial charge in [0.1, 0.15) is 0 Å². The molecule has 11 aromatic carbocycles. The van der Waals surface area contributed by atoms with Crippen molar-refractivity contribution >= 4 is 538 Å². The Balaban J connectivity index is 0.000000175. The van der Waals surface area contributed by atoms with Crippen molar-refractivity contribution in [3.63, 3.8) is 0 Å². The Morgan fingerprint density at radius 3 is 0.738 bits per heavy atom. The molecule has 1 fully saturated rings. The van der Waals surface area contributed by atoms with Crippen molar-refractivity contribution in [1.29, 1.82) is 0 Å². The molecular weight excluding hydrogens is 2740 g/mol. The van der Waals surface area contributed by atoms with Crippen molar-refractivity contribution < 1.29 is 9.31 Å². The summed E-state index contributed by atoms with van der Waals surface area (Å²) in [6.07, 6.45) is 0. The first-order valence-corrected chi connectivity index (χ1v) is 85.4. The molecule has 0 saturated carbocycles. The second-order valence-electron chi connectivity index (χ2n) is 24.1. The minimum absolute atomic E-state index is 0.347. The number of para-hydroxylation sites is 6. The van der Waals surface area contributed by atoms with Gasteiger partial charge in [-0.2, -0.15) is 0 Å². The Morgan fingerprint density at radius 1 is 0.262 bits per heavy atom. The van der Waals surface area contributed by atoms with Crippen LogP contribution in [0.4, 0.5) is 0 Å². The maximum Gasteiger partial charge on any atom is 0.494 e. The van der Waals surface area contributed by atoms with Crippen molar-refractivity contribution in [3.05, 3.63) is 268 Å². The van der Waals surface area contributed by atoms with E-state index < -0.39 is 0 Å². The van der Waals surface area contributed by atoms with Crippen molar-refractivity contribution in [3.8, 4) is 39.3 Å². The second-order valence-corrected chi connectivity index (χ2v) is 86.4. The molecule has 0 N–H and O–H groups in total. The number of halogens is 6. The molecule has 0 unspecified atom stereocenters. The molecule has 15 rings (SSSR count). The van der Waals surface area contributed by atoms with Gasteiger partial charge in [-0.1, -0.05) is 177 Å². The molecule has 14 aromatic rings. The SMILES string of the molecule is Brc1cc(-c2cccc(-n3c4ccccc4c4ccccc43)c2)c(Br)cc1-c1cccc(-n2c3ccccc3c3ccccc32)c1.Brc1cc(I)c(Br)cc1I.CC1(C)OB(c2cccc(-n3c4ccccc4c4ccccc43)c2)OC1(C)C.S=S=S=S=S.S=S=S=S=S=S=S=S=S=S=S=S=S=S=S=S.S=S=S=S=S=S=S=S=S=S=S=S=S=S=S=S=S. The molecule has 1 aliphatic rings. The molecule has 3 aromatic heterocycles. The van der Waals surface area contributed by atoms with Gasteiger partial charge in [-0.3, -0.25) is 0 Å². The third-order valence-corrected chi connectivity index (χ3v) is 87.4. The van der Waals surface area contributed by atoms with Crippen LogP contribution >= 0.6 is 109 Å². The zero-order chi connectivity index (χ0) is 86.6. The van der Waals surface area contributed by atoms with E-state index in [4.69, 9.17) is 54.1 Å². The third kappa shape index (κ3) is 31.8. The monoisotopic (exact) mass is 2790 g/mol. The average molecular weight is 2790 g/mol. The quantitative estimate of drug-likeness (QED) is 0.0925. The summed E-state index contributed by atoms with van der Waals surface area (Å²) in [7, 11) is 52.5. The fourth-order valence-electron chi connectivity index (χ4n) is 11.8. The predicted octanol–water partition coefficient (Wildman–Crippen LogP) is 22.2. The van der Waals surface area contributed by atoms with Gasteiger partial charge in [-0.15, -0.1) is 0 Å². The van der Waals surface area contributed by atoms with E-state index in [-0.39, 0.29) is 18.3 Å². The molecule has 0 radical (unpaired) electrons. The highest BCUT2D eigenvalue weighted by atomic mass is 127. The minimum Gasteiger partial charge on any atom is -0.399 e. The molecule has 0 aliphatic carbocycles. The first-order valence-electron chi connectivity index (χ1n) is 33.4. The lowest BCUT2D eigenvalue weighted by Crippen LogP contribution is -2.41. The molecule has 1 aliphatic heterocycles. The maximum atomic E-state index is 6.27. The van der Waals surface area contributed by atoms with Crippen molar-refractivity contribution in [1.82, 2.24) is 13.7 Å². The van der Waals surface area contributed by atoms with Gasteiger partial charge in [-0.25, -0.2) is 0 Å². The summed E-state index contributed by atoms with van der Waals surface area (Å²) in [5, 5.41) is 7.58. The fraction of sp³-hybridized carbons (Fsp3) is 0.0833. The molecule has 5 nitrogen and oxygen atoms in total. The highest BCUT2D eigenvalue weighted by Gasteiger charge is 2.51. The summed E-state index contributed by atoms with van der Waals surface area (Å²) < 4.78 is 26.4. The van der Waals surface area contributed by atoms with Gasteiger partial charge in [-0.05, 0) is 230 Å². The number of fused-ring (bicyclic) bond motifs is 9. The number of benzene rings is 11. The molecule has 4 heterocycles. The largest absolute Gasteiger partial charge is 0.494 e. The highest BCUT2D eigenvalue weighted by molar-refractivity contribution is 14.1. The first kappa shape index (κ1) is 107. The van der Waals surface area contributed by atoms with Crippen LogP contribution in [0.2, 0.25) is 0 Å². The number of rotatable bonds is 6. The number of hydrogen-bond donors (Lipinski definition) is 0. The van der Waals surface area contributed by atoms with Gasteiger partial charge in [0.25, 0.3) is 0 Å². The molecule has 0 spiro atoms. The van der Waals surface area contributed by atoms with Crippen LogP contribution in [0.15, 0.2) is 261 Å². The Kier molecular flexibility index (Phi) is 50.8. The molecule has 0 amide bonds. The second kappa shape index (κ2) is 58.2. The standard InChI is InChI=1S/C42H26Br2N2.C24H24BNO2.C6H2Br2I2.S17.S16.S5/c43-37-26-36(28-12-10-14-30(24-28)46-41-21-7-3-17-33(41)34-18-4-8-22-42(34)46)38(44)25-35(37)27-11-9-13-29(23-27)45-39-19-5-1-15-31(39)32-16-2-6-20-40(32)45;1-23(2)24(3,4)28-25(27-23)17-10-9-11-18(16-17)26-21-14-7-5-12-19(21)20-13-6-8-15-22(20)26;7-3-1-5(9)4(8)2-6(3)10;1-3-5-7-9-11-13-15-17-16-14-12-10-8-6-4-2;1-3-5-7-9-11-13-15-16-14-12-10-8-6-4-2;1-3-5-4-2/h1-26H;5-16H,1-4H3;1-2H;;;. The van der Waals surface area contributed by atoms with Gasteiger partial charge in [0.2, 0.25) is 0 Å². The van der Waals surface area contributed by atoms with Crippen LogP contribution < -0.4 is 5.46 Å². The topological polar surface area (TPSA) is 33.2 Å². The minimum atomic E-state index is -0.363. The summed E-state index contributed by atoms with van der Waals surface area (Å²) in [4.78, 5) is 0. The lowest BCUT2D eigenvalue weighted by Gasteiger charge is -2.32. The normalized spacial score (nSPS) is 11.6. The van der Waals surface area contributed by atoms with E-state index >= 15 is 0 Å². The summed E-state index contributed by atoms with van der Waals surface area (Å²) in [6, 6.07) is 86.5. The number of nitrogens with zero attached hydrogens (tertiary/aromatic N) is 3. The molecule has 122 heavy (non-hydrogen) atoms. The molecular formula is C72H52BBr4I2N3O2S38. The summed E-state index contributed by atoms with van der Waals surface area (Å²) in [6.45, 7) is 8.35. The molecule has 0 atom stereocenters.